The average Bonchev–Trinajstić information content (AvgIpc) is 3.30. The first-order valence-corrected chi connectivity index (χ1v) is 10.0. The Kier molecular flexibility index (Phi) is 4.85. The van der Waals surface area contributed by atoms with Crippen LogP contribution < -0.4 is 10.1 Å². The molecule has 3 aromatic heterocycles. The van der Waals surface area contributed by atoms with Crippen LogP contribution in [0.4, 0.5) is 15.5 Å². The number of aromatic nitrogens is 5. The van der Waals surface area contributed by atoms with Crippen molar-refractivity contribution in [1.82, 2.24) is 24.7 Å². The third-order valence-corrected chi connectivity index (χ3v) is 5.55. The van der Waals surface area contributed by atoms with Crippen molar-refractivity contribution in [2.24, 2.45) is 0 Å². The fourth-order valence-electron chi connectivity index (χ4n) is 3.19. The fourth-order valence-corrected chi connectivity index (χ4v) is 4.10. The summed E-state index contributed by atoms with van der Waals surface area (Å²) < 4.78 is 25.9. The minimum absolute atomic E-state index is 0.289. The Labute approximate surface area is 175 Å². The summed E-state index contributed by atoms with van der Waals surface area (Å²) in [7, 11) is 1.65. The number of halogens is 1. The molecule has 0 bridgehead atoms. The molecule has 0 amide bonds. The van der Waals surface area contributed by atoms with Gasteiger partial charge in [-0.05, 0) is 17.7 Å². The molecule has 1 aliphatic rings. The van der Waals surface area contributed by atoms with Gasteiger partial charge in [0.1, 0.15) is 5.75 Å². The first-order chi connectivity index (χ1) is 14.7. The highest BCUT2D eigenvalue weighted by atomic mass is 32.1. The van der Waals surface area contributed by atoms with Gasteiger partial charge in [-0.3, -0.25) is 4.68 Å². The lowest BCUT2D eigenvalue weighted by Crippen LogP contribution is -2.02. The van der Waals surface area contributed by atoms with E-state index >= 15 is 0 Å². The molecule has 4 aromatic rings. The number of fused-ring (bicyclic) bond motifs is 3. The first kappa shape index (κ1) is 18.6. The number of benzene rings is 1. The maximum atomic E-state index is 13.0. The number of hydrogen-bond acceptors (Lipinski definition) is 8. The van der Waals surface area contributed by atoms with Crippen LogP contribution in [0.5, 0.6) is 5.75 Å². The molecule has 5 rings (SSSR count). The summed E-state index contributed by atoms with van der Waals surface area (Å²) in [5.74, 6) is 0.620. The predicted octanol–water partition coefficient (Wildman–Crippen LogP) is 3.77. The lowest BCUT2D eigenvalue weighted by Gasteiger charge is -2.04. The Balaban J connectivity index is 1.41. The van der Waals surface area contributed by atoms with Crippen molar-refractivity contribution in [3.05, 3.63) is 64.8 Å². The Morgan fingerprint density at radius 2 is 2.00 bits per heavy atom. The van der Waals surface area contributed by atoms with Crippen molar-refractivity contribution in [3.63, 3.8) is 0 Å². The van der Waals surface area contributed by atoms with Gasteiger partial charge < -0.3 is 14.8 Å². The van der Waals surface area contributed by atoms with Gasteiger partial charge in [-0.15, -0.1) is 0 Å². The van der Waals surface area contributed by atoms with Gasteiger partial charge in [0.2, 0.25) is 5.95 Å². The van der Waals surface area contributed by atoms with E-state index in [0.29, 0.717) is 24.9 Å². The minimum Gasteiger partial charge on any atom is -0.497 e. The second kappa shape index (κ2) is 7.81. The quantitative estimate of drug-likeness (QED) is 0.522. The standard InChI is InChI=1S/C20H17FN6O2S/c1-28-14-4-2-12(3-5-14)8-27-9-15-16(26-27)10-29-11-17-18(15)24-20(30-17)25-19-22-6-13(21)7-23-19/h2-7,9H,8,10-11H2,1H3,(H,22,23,24,25). The highest BCUT2D eigenvalue weighted by molar-refractivity contribution is 7.16. The molecule has 30 heavy (non-hydrogen) atoms. The maximum absolute atomic E-state index is 13.0. The van der Waals surface area contributed by atoms with Gasteiger partial charge in [-0.25, -0.2) is 19.3 Å². The van der Waals surface area contributed by atoms with E-state index in [1.54, 1.807) is 7.11 Å². The van der Waals surface area contributed by atoms with Crippen LogP contribution in [-0.4, -0.2) is 31.8 Å². The number of nitrogens with one attached hydrogen (secondary N) is 1. The third kappa shape index (κ3) is 3.74. The summed E-state index contributed by atoms with van der Waals surface area (Å²) in [4.78, 5) is 13.5. The van der Waals surface area contributed by atoms with E-state index in [9.17, 15) is 4.39 Å². The predicted molar refractivity (Wildman–Crippen MR) is 109 cm³/mol. The molecular formula is C20H17FN6O2S. The molecule has 0 fully saturated rings. The minimum atomic E-state index is -0.488. The van der Waals surface area contributed by atoms with Crippen LogP contribution >= 0.6 is 11.3 Å². The second-order valence-corrected chi connectivity index (χ2v) is 7.75. The molecule has 8 nitrogen and oxygen atoms in total. The molecule has 0 aliphatic carbocycles. The Morgan fingerprint density at radius 3 is 2.77 bits per heavy atom. The van der Waals surface area contributed by atoms with Crippen LogP contribution in [0.2, 0.25) is 0 Å². The molecule has 0 saturated carbocycles. The van der Waals surface area contributed by atoms with Crippen molar-refractivity contribution in [2.75, 3.05) is 12.4 Å². The van der Waals surface area contributed by atoms with Crippen LogP contribution in [0.1, 0.15) is 16.1 Å². The van der Waals surface area contributed by atoms with Gasteiger partial charge >= 0.3 is 0 Å². The highest BCUT2D eigenvalue weighted by Gasteiger charge is 2.23. The van der Waals surface area contributed by atoms with Gasteiger partial charge in [0.05, 0.1) is 55.5 Å². The van der Waals surface area contributed by atoms with Crippen molar-refractivity contribution in [1.29, 1.82) is 0 Å². The van der Waals surface area contributed by atoms with Crippen LogP contribution in [0.3, 0.4) is 0 Å². The molecule has 4 heterocycles. The van der Waals surface area contributed by atoms with Crippen LogP contribution in [0.15, 0.2) is 42.9 Å². The molecule has 0 atom stereocenters. The topological polar surface area (TPSA) is 87.0 Å². The summed E-state index contributed by atoms with van der Waals surface area (Å²) in [5.41, 5.74) is 3.74. The Morgan fingerprint density at radius 1 is 1.20 bits per heavy atom. The third-order valence-electron chi connectivity index (χ3n) is 4.61. The van der Waals surface area contributed by atoms with E-state index in [0.717, 1.165) is 45.5 Å². The summed E-state index contributed by atoms with van der Waals surface area (Å²) in [5, 5.41) is 8.33. The number of hydrogen-bond donors (Lipinski definition) is 1. The summed E-state index contributed by atoms with van der Waals surface area (Å²) in [6.07, 6.45) is 4.21. The summed E-state index contributed by atoms with van der Waals surface area (Å²) in [6.45, 7) is 1.51. The van der Waals surface area contributed by atoms with Crippen molar-refractivity contribution >= 4 is 22.4 Å². The zero-order valence-electron chi connectivity index (χ0n) is 16.0. The SMILES string of the molecule is COc1ccc(Cn2cc3c(n2)COCc2sc(Nc4ncc(F)cn4)nc2-3)cc1. The van der Waals surface area contributed by atoms with E-state index in [1.165, 1.54) is 11.3 Å². The smallest absolute Gasteiger partial charge is 0.229 e. The van der Waals surface area contributed by atoms with Gasteiger partial charge in [0, 0.05) is 11.8 Å². The van der Waals surface area contributed by atoms with Gasteiger partial charge in [-0.1, -0.05) is 23.5 Å². The second-order valence-electron chi connectivity index (χ2n) is 6.67. The number of nitrogens with zero attached hydrogens (tertiary/aromatic N) is 5. The number of thiazole rings is 1. The zero-order chi connectivity index (χ0) is 20.5. The van der Waals surface area contributed by atoms with E-state index in [-0.39, 0.29) is 5.95 Å². The fraction of sp³-hybridized carbons (Fsp3) is 0.200. The van der Waals surface area contributed by atoms with Gasteiger partial charge in [0.25, 0.3) is 0 Å². The van der Waals surface area contributed by atoms with Crippen LogP contribution in [0, 0.1) is 5.82 Å². The molecule has 1 N–H and O–H groups in total. The van der Waals surface area contributed by atoms with Crippen LogP contribution in [-0.2, 0) is 24.5 Å². The van der Waals surface area contributed by atoms with E-state index < -0.39 is 5.82 Å². The van der Waals surface area contributed by atoms with E-state index in [1.807, 2.05) is 35.1 Å². The molecule has 10 heteroatoms. The summed E-state index contributed by atoms with van der Waals surface area (Å²) >= 11 is 1.46. The molecule has 0 saturated heterocycles. The normalized spacial score (nSPS) is 12.7. The largest absolute Gasteiger partial charge is 0.497 e. The van der Waals surface area contributed by atoms with E-state index in [4.69, 9.17) is 14.5 Å². The number of ether oxygens (including phenoxy) is 2. The lowest BCUT2D eigenvalue weighted by molar-refractivity contribution is 0.108. The van der Waals surface area contributed by atoms with Crippen molar-refractivity contribution < 1.29 is 13.9 Å². The Hall–Kier alpha value is -3.37. The number of anilines is 2. The Bertz CT molecular complexity index is 1170. The molecular weight excluding hydrogens is 407 g/mol. The van der Waals surface area contributed by atoms with Crippen LogP contribution in [0.25, 0.3) is 11.3 Å². The van der Waals surface area contributed by atoms with Gasteiger partial charge in [-0.2, -0.15) is 5.10 Å². The molecule has 152 valence electrons. The van der Waals surface area contributed by atoms with E-state index in [2.05, 4.69) is 20.4 Å². The molecule has 1 aliphatic heterocycles. The number of rotatable bonds is 5. The monoisotopic (exact) mass is 424 g/mol. The zero-order valence-corrected chi connectivity index (χ0v) is 16.8. The average molecular weight is 424 g/mol. The highest BCUT2D eigenvalue weighted by Crippen LogP contribution is 2.36. The van der Waals surface area contributed by atoms with Crippen molar-refractivity contribution in [3.8, 4) is 17.0 Å². The molecule has 0 radical (unpaired) electrons. The number of methoxy groups -OCH3 is 1. The first-order valence-electron chi connectivity index (χ1n) is 9.19. The molecule has 0 spiro atoms. The van der Waals surface area contributed by atoms with Gasteiger partial charge in [0.15, 0.2) is 10.9 Å². The lowest BCUT2D eigenvalue weighted by atomic mass is 10.2. The summed E-state index contributed by atoms with van der Waals surface area (Å²) in [6, 6.07) is 7.89. The van der Waals surface area contributed by atoms with Crippen molar-refractivity contribution in [2.45, 2.75) is 19.8 Å². The molecule has 1 aromatic carbocycles. The maximum Gasteiger partial charge on any atom is 0.229 e. The molecule has 0 unspecified atom stereocenters.